The Labute approximate surface area is 269 Å². The Hall–Kier alpha value is -2.99. The van der Waals surface area contributed by atoms with Crippen LogP contribution in [-0.2, 0) is 11.3 Å². The summed E-state index contributed by atoms with van der Waals surface area (Å²) in [6, 6.07) is 13.5. The summed E-state index contributed by atoms with van der Waals surface area (Å²) in [7, 11) is 2.03. The summed E-state index contributed by atoms with van der Waals surface area (Å²) >= 11 is 12.7. The van der Waals surface area contributed by atoms with Gasteiger partial charge in [-0.05, 0) is 94.3 Å². The first kappa shape index (κ1) is 33.9. The molecular formula is C32H42Cl2N6O4. The predicted octanol–water partition coefficient (Wildman–Crippen LogP) is 4.88. The standard InChI is InChI=1S/C31H40Cl2N6O2.CH2O2/c1-22(40)20-38-9-11-39(12-10-38)30-4-3-28(19-35-30)41-31-14-24(21-37-7-5-23(6-8-37)18-34-2)13-29(36-31)25-15-26(32)17-27(33)16-25;2-1-3/h3-4,13-17,19,22-23,34,40H,5-12,18,20-21H2,1-2H3;1H,(H,2,3). The van der Waals surface area contributed by atoms with E-state index in [0.717, 1.165) is 80.9 Å². The number of β-amino-alcohol motifs (C(OH)–C–C–N with tert-alkyl or cyclic N) is 1. The molecule has 2 aliphatic rings. The van der Waals surface area contributed by atoms with Crippen molar-refractivity contribution in [1.82, 2.24) is 25.1 Å². The van der Waals surface area contributed by atoms with Gasteiger partial charge in [-0.1, -0.05) is 23.2 Å². The number of piperazine rings is 1. The van der Waals surface area contributed by atoms with E-state index in [-0.39, 0.29) is 12.6 Å². The van der Waals surface area contributed by atoms with Crippen LogP contribution in [0.25, 0.3) is 11.3 Å². The van der Waals surface area contributed by atoms with Gasteiger partial charge in [0, 0.05) is 60.9 Å². The molecule has 2 aliphatic heterocycles. The lowest BCUT2D eigenvalue weighted by Crippen LogP contribution is -2.48. The van der Waals surface area contributed by atoms with Gasteiger partial charge in [0.1, 0.15) is 11.6 Å². The topological polar surface area (TPSA) is 114 Å². The Bertz CT molecular complexity index is 1310. The van der Waals surface area contributed by atoms with Gasteiger partial charge in [-0.2, -0.15) is 0 Å². The van der Waals surface area contributed by atoms with Crippen LogP contribution in [0, 0.1) is 5.92 Å². The highest BCUT2D eigenvalue weighted by Crippen LogP contribution is 2.31. The number of aromatic nitrogens is 2. The van der Waals surface area contributed by atoms with Crippen LogP contribution in [0.4, 0.5) is 5.82 Å². The van der Waals surface area contributed by atoms with Crippen molar-refractivity contribution in [3.8, 4) is 22.9 Å². The van der Waals surface area contributed by atoms with Crippen molar-refractivity contribution < 1.29 is 19.7 Å². The molecule has 2 fully saturated rings. The van der Waals surface area contributed by atoms with Crippen molar-refractivity contribution in [2.75, 3.05) is 64.3 Å². The highest BCUT2D eigenvalue weighted by atomic mass is 35.5. The molecule has 1 aromatic carbocycles. The van der Waals surface area contributed by atoms with Crippen LogP contribution in [0.5, 0.6) is 11.6 Å². The molecule has 0 aliphatic carbocycles. The number of carboxylic acid groups (broad SMARTS) is 1. The highest BCUT2D eigenvalue weighted by molar-refractivity contribution is 6.35. The number of nitrogens with zero attached hydrogens (tertiary/aromatic N) is 5. The van der Waals surface area contributed by atoms with E-state index in [1.807, 2.05) is 44.3 Å². The average molecular weight is 646 g/mol. The molecule has 0 bridgehead atoms. The summed E-state index contributed by atoms with van der Waals surface area (Å²) in [5.41, 5.74) is 2.75. The van der Waals surface area contributed by atoms with Gasteiger partial charge in [-0.25, -0.2) is 9.97 Å². The molecule has 0 amide bonds. The van der Waals surface area contributed by atoms with Crippen LogP contribution in [-0.4, -0.2) is 102 Å². The molecule has 1 unspecified atom stereocenters. The number of piperidine rings is 1. The minimum absolute atomic E-state index is 0.250. The van der Waals surface area contributed by atoms with Gasteiger partial charge in [0.2, 0.25) is 5.88 Å². The Morgan fingerprint density at radius 1 is 1.02 bits per heavy atom. The van der Waals surface area contributed by atoms with E-state index in [4.69, 9.17) is 42.8 Å². The van der Waals surface area contributed by atoms with Crippen LogP contribution in [0.3, 0.4) is 0 Å². The Balaban J connectivity index is 0.00000141. The van der Waals surface area contributed by atoms with Gasteiger partial charge >= 0.3 is 0 Å². The second-order valence-electron chi connectivity index (χ2n) is 11.3. The number of rotatable bonds is 10. The van der Waals surface area contributed by atoms with E-state index in [1.54, 1.807) is 12.3 Å². The SMILES string of the molecule is CNCC1CCN(Cc2cc(Oc3ccc(N4CCN(CC(C)O)CC4)nc3)nc(-c3cc(Cl)cc(Cl)c3)c2)CC1.O=CO. The van der Waals surface area contributed by atoms with Gasteiger partial charge in [0.15, 0.2) is 0 Å². The number of halogens is 2. The molecule has 2 saturated heterocycles. The fourth-order valence-electron chi connectivity index (χ4n) is 5.72. The minimum atomic E-state index is -0.310. The zero-order valence-corrected chi connectivity index (χ0v) is 26.8. The lowest BCUT2D eigenvalue weighted by molar-refractivity contribution is -0.122. The number of likely N-dealkylation sites (tertiary alicyclic amines) is 1. The molecule has 0 saturated carbocycles. The number of aliphatic hydroxyl groups excluding tert-OH is 1. The van der Waals surface area contributed by atoms with Crippen LogP contribution < -0.4 is 15.0 Å². The first-order valence-corrected chi connectivity index (χ1v) is 15.7. The van der Waals surface area contributed by atoms with Crippen molar-refractivity contribution in [3.63, 3.8) is 0 Å². The minimum Gasteiger partial charge on any atom is -0.483 e. The molecular weight excluding hydrogens is 603 g/mol. The number of carbonyl (C=O) groups is 1. The highest BCUT2D eigenvalue weighted by Gasteiger charge is 2.21. The van der Waals surface area contributed by atoms with Gasteiger partial charge in [-0.15, -0.1) is 0 Å². The monoisotopic (exact) mass is 644 g/mol. The number of hydrogen-bond acceptors (Lipinski definition) is 9. The molecule has 5 rings (SSSR count). The summed E-state index contributed by atoms with van der Waals surface area (Å²) < 4.78 is 6.26. The molecule has 4 heterocycles. The maximum Gasteiger partial charge on any atom is 0.290 e. The number of nitrogens with one attached hydrogen (secondary N) is 1. The zero-order chi connectivity index (χ0) is 31.5. The molecule has 0 radical (unpaired) electrons. The quantitative estimate of drug-likeness (QED) is 0.264. The fourth-order valence-corrected chi connectivity index (χ4v) is 6.25. The van der Waals surface area contributed by atoms with Crippen LogP contribution in [0.15, 0.2) is 48.7 Å². The molecule has 2 aromatic heterocycles. The average Bonchev–Trinajstić information content (AvgIpc) is 2.99. The van der Waals surface area contributed by atoms with E-state index in [1.165, 1.54) is 12.8 Å². The first-order chi connectivity index (χ1) is 21.3. The molecule has 0 spiro atoms. The molecule has 10 nitrogen and oxygen atoms in total. The van der Waals surface area contributed by atoms with E-state index in [9.17, 15) is 5.11 Å². The van der Waals surface area contributed by atoms with Crippen molar-refractivity contribution in [2.24, 2.45) is 5.92 Å². The summed E-state index contributed by atoms with van der Waals surface area (Å²) in [6.07, 6.45) is 3.84. The second-order valence-corrected chi connectivity index (χ2v) is 12.2. The molecule has 44 heavy (non-hydrogen) atoms. The number of benzene rings is 1. The van der Waals surface area contributed by atoms with Crippen LogP contribution >= 0.6 is 23.2 Å². The molecule has 238 valence electrons. The van der Waals surface area contributed by atoms with Crippen molar-refractivity contribution in [3.05, 3.63) is 64.3 Å². The lowest BCUT2D eigenvalue weighted by atomic mass is 9.96. The summed E-state index contributed by atoms with van der Waals surface area (Å²) in [5, 5.41) is 21.0. The number of aliphatic hydroxyl groups is 1. The molecule has 1 atom stereocenters. The smallest absolute Gasteiger partial charge is 0.290 e. The Kier molecular flexibility index (Phi) is 13.0. The Morgan fingerprint density at radius 2 is 1.70 bits per heavy atom. The van der Waals surface area contributed by atoms with E-state index in [2.05, 4.69) is 31.1 Å². The van der Waals surface area contributed by atoms with Gasteiger partial charge in [0.25, 0.3) is 6.47 Å². The van der Waals surface area contributed by atoms with Crippen LogP contribution in [0.2, 0.25) is 10.0 Å². The van der Waals surface area contributed by atoms with Crippen molar-refractivity contribution in [1.29, 1.82) is 0 Å². The van der Waals surface area contributed by atoms with Gasteiger partial charge in [0.05, 0.1) is 18.0 Å². The Morgan fingerprint density at radius 3 is 2.30 bits per heavy atom. The third-order valence-electron chi connectivity index (χ3n) is 7.79. The van der Waals surface area contributed by atoms with Crippen molar-refractivity contribution >= 4 is 35.5 Å². The third kappa shape index (κ3) is 10.3. The summed E-state index contributed by atoms with van der Waals surface area (Å²) in [5.74, 6) is 2.81. The van der Waals surface area contributed by atoms with Crippen molar-refractivity contribution in [2.45, 2.75) is 32.4 Å². The summed E-state index contributed by atoms with van der Waals surface area (Å²) in [4.78, 5) is 24.9. The second kappa shape index (κ2) is 16.9. The summed E-state index contributed by atoms with van der Waals surface area (Å²) in [6.45, 7) is 9.90. The first-order valence-electron chi connectivity index (χ1n) is 15.0. The number of anilines is 1. The molecule has 3 N–H and O–H groups in total. The number of pyridine rings is 2. The van der Waals surface area contributed by atoms with E-state index >= 15 is 0 Å². The predicted molar refractivity (Wildman–Crippen MR) is 175 cm³/mol. The van der Waals surface area contributed by atoms with E-state index < -0.39 is 0 Å². The number of hydrogen-bond donors (Lipinski definition) is 3. The molecule has 3 aromatic rings. The van der Waals surface area contributed by atoms with Gasteiger partial charge < -0.3 is 25.2 Å². The lowest BCUT2D eigenvalue weighted by Gasteiger charge is -2.35. The molecule has 12 heteroatoms. The maximum absolute atomic E-state index is 9.67. The zero-order valence-electron chi connectivity index (χ0n) is 25.3. The number of ether oxygens (including phenoxy) is 1. The fraction of sp³-hybridized carbons (Fsp3) is 0.469. The van der Waals surface area contributed by atoms with Crippen LogP contribution in [0.1, 0.15) is 25.3 Å². The van der Waals surface area contributed by atoms with Gasteiger partial charge in [-0.3, -0.25) is 14.6 Å². The normalized spacial score (nSPS) is 17.1. The largest absolute Gasteiger partial charge is 0.483 e. The van der Waals surface area contributed by atoms with E-state index in [0.29, 0.717) is 28.2 Å². The maximum atomic E-state index is 9.67. The third-order valence-corrected chi connectivity index (χ3v) is 8.22.